The number of nitrogens with one attached hydrogen (secondary N) is 1. The van der Waals surface area contributed by atoms with E-state index in [-0.39, 0.29) is 5.54 Å². The SMILES string of the molecule is CC1COCC(C)N1C12C=C1Nc1ccccc12. The molecule has 1 saturated heterocycles. The maximum absolute atomic E-state index is 5.65. The number of morpholine rings is 1. The first-order valence-corrected chi connectivity index (χ1v) is 6.69. The molecular weight excluding hydrogens is 224 g/mol. The number of ether oxygens (including phenoxy) is 1. The van der Waals surface area contributed by atoms with Gasteiger partial charge in [0.15, 0.2) is 0 Å². The molecule has 0 saturated carbocycles. The molecule has 1 aromatic carbocycles. The van der Waals surface area contributed by atoms with Crippen LogP contribution in [0.3, 0.4) is 0 Å². The molecule has 2 aliphatic heterocycles. The normalized spacial score (nSPS) is 37.6. The fourth-order valence-electron chi connectivity index (χ4n) is 3.65. The van der Waals surface area contributed by atoms with Crippen LogP contribution in [0.2, 0.25) is 0 Å². The van der Waals surface area contributed by atoms with E-state index in [4.69, 9.17) is 4.74 Å². The van der Waals surface area contributed by atoms with Gasteiger partial charge in [0.25, 0.3) is 0 Å². The van der Waals surface area contributed by atoms with E-state index < -0.39 is 0 Å². The highest BCUT2D eigenvalue weighted by molar-refractivity contribution is 5.77. The van der Waals surface area contributed by atoms with Gasteiger partial charge in [0.05, 0.1) is 13.2 Å². The molecule has 1 aromatic rings. The Morgan fingerprint density at radius 2 is 1.94 bits per heavy atom. The van der Waals surface area contributed by atoms with E-state index in [0.29, 0.717) is 12.1 Å². The molecule has 3 aliphatic rings. The Morgan fingerprint density at radius 3 is 2.72 bits per heavy atom. The van der Waals surface area contributed by atoms with Crippen LogP contribution < -0.4 is 5.32 Å². The minimum Gasteiger partial charge on any atom is -0.378 e. The molecule has 3 atom stereocenters. The Hall–Kier alpha value is -1.32. The van der Waals surface area contributed by atoms with Gasteiger partial charge in [-0.05, 0) is 26.0 Å². The smallest absolute Gasteiger partial charge is 0.110 e. The fourth-order valence-corrected chi connectivity index (χ4v) is 3.65. The molecular formula is C15H18N2O. The summed E-state index contributed by atoms with van der Waals surface area (Å²) in [4.78, 5) is 2.60. The van der Waals surface area contributed by atoms with E-state index in [9.17, 15) is 0 Å². The zero-order valence-corrected chi connectivity index (χ0v) is 10.8. The third-order valence-corrected chi connectivity index (χ3v) is 4.36. The number of para-hydroxylation sites is 1. The van der Waals surface area contributed by atoms with Gasteiger partial charge in [-0.1, -0.05) is 18.2 Å². The van der Waals surface area contributed by atoms with Crippen LogP contribution in [0.5, 0.6) is 0 Å². The van der Waals surface area contributed by atoms with Crippen molar-refractivity contribution in [2.75, 3.05) is 18.5 Å². The molecule has 0 bridgehead atoms. The van der Waals surface area contributed by atoms with Crippen LogP contribution in [0, 0.1) is 0 Å². The van der Waals surface area contributed by atoms with Gasteiger partial charge in [0, 0.05) is 29.0 Å². The van der Waals surface area contributed by atoms with Gasteiger partial charge >= 0.3 is 0 Å². The van der Waals surface area contributed by atoms with Gasteiger partial charge in [0.1, 0.15) is 5.54 Å². The van der Waals surface area contributed by atoms with Gasteiger partial charge in [-0.3, -0.25) is 4.90 Å². The fraction of sp³-hybridized carbons (Fsp3) is 0.467. The van der Waals surface area contributed by atoms with Crippen LogP contribution in [0.4, 0.5) is 5.69 Å². The Balaban J connectivity index is 1.78. The molecule has 4 rings (SSSR count). The van der Waals surface area contributed by atoms with Crippen LogP contribution >= 0.6 is 0 Å². The summed E-state index contributed by atoms with van der Waals surface area (Å²) < 4.78 is 5.65. The predicted molar refractivity (Wildman–Crippen MR) is 71.4 cm³/mol. The van der Waals surface area contributed by atoms with Crippen LogP contribution in [-0.2, 0) is 10.3 Å². The summed E-state index contributed by atoms with van der Waals surface area (Å²) in [5.41, 5.74) is 4.06. The summed E-state index contributed by atoms with van der Waals surface area (Å²) >= 11 is 0. The lowest BCUT2D eigenvalue weighted by Crippen LogP contribution is -2.55. The topological polar surface area (TPSA) is 24.5 Å². The molecule has 3 heteroatoms. The molecule has 0 amide bonds. The monoisotopic (exact) mass is 242 g/mol. The molecule has 3 nitrogen and oxygen atoms in total. The van der Waals surface area contributed by atoms with Crippen molar-refractivity contribution in [3.8, 4) is 0 Å². The molecule has 1 aliphatic carbocycles. The van der Waals surface area contributed by atoms with Crippen molar-refractivity contribution in [1.29, 1.82) is 0 Å². The molecule has 2 heterocycles. The van der Waals surface area contributed by atoms with Crippen molar-refractivity contribution in [3.05, 3.63) is 41.6 Å². The first-order chi connectivity index (χ1) is 8.73. The first kappa shape index (κ1) is 10.6. The van der Waals surface area contributed by atoms with E-state index in [1.54, 1.807) is 0 Å². The second-order valence-electron chi connectivity index (χ2n) is 5.64. The lowest BCUT2D eigenvalue weighted by Gasteiger charge is -2.44. The lowest BCUT2D eigenvalue weighted by molar-refractivity contribution is -0.0612. The van der Waals surface area contributed by atoms with Crippen molar-refractivity contribution in [2.45, 2.75) is 31.5 Å². The molecule has 94 valence electrons. The number of rotatable bonds is 1. The van der Waals surface area contributed by atoms with E-state index in [0.717, 1.165) is 13.2 Å². The summed E-state index contributed by atoms with van der Waals surface area (Å²) in [5.74, 6) is 0. The average Bonchev–Trinajstić information content (AvgIpc) is 2.97. The Bertz CT molecular complexity index is 529. The van der Waals surface area contributed by atoms with Gasteiger partial charge in [-0.25, -0.2) is 0 Å². The molecule has 1 fully saturated rings. The standard InChI is InChI=1S/C15H18N2O/c1-10-8-18-9-11(2)17(10)15-7-14(15)16-13-6-4-3-5-12(13)15/h3-7,10-11,16H,8-9H2,1-2H3. The highest BCUT2D eigenvalue weighted by Gasteiger charge is 2.58. The van der Waals surface area contributed by atoms with Gasteiger partial charge in [-0.2, -0.15) is 0 Å². The zero-order valence-electron chi connectivity index (χ0n) is 10.8. The maximum atomic E-state index is 5.65. The number of nitrogens with zero attached hydrogens (tertiary/aromatic N) is 1. The summed E-state index contributed by atoms with van der Waals surface area (Å²) in [6.45, 7) is 6.18. The van der Waals surface area contributed by atoms with Gasteiger partial charge in [0.2, 0.25) is 0 Å². The Kier molecular flexibility index (Phi) is 1.98. The highest BCUT2D eigenvalue weighted by Crippen LogP contribution is 2.58. The summed E-state index contributed by atoms with van der Waals surface area (Å²) in [7, 11) is 0. The van der Waals surface area contributed by atoms with Crippen molar-refractivity contribution < 1.29 is 4.74 Å². The summed E-state index contributed by atoms with van der Waals surface area (Å²) in [6.07, 6.45) is 2.35. The van der Waals surface area contributed by atoms with E-state index >= 15 is 0 Å². The number of hydrogen-bond donors (Lipinski definition) is 1. The molecule has 18 heavy (non-hydrogen) atoms. The van der Waals surface area contributed by atoms with Crippen molar-refractivity contribution in [1.82, 2.24) is 4.90 Å². The van der Waals surface area contributed by atoms with E-state index in [2.05, 4.69) is 54.4 Å². The number of fused-ring (bicyclic) bond motifs is 3. The number of hydrogen-bond acceptors (Lipinski definition) is 3. The Labute approximate surface area is 107 Å². The molecule has 0 radical (unpaired) electrons. The molecule has 3 unspecified atom stereocenters. The first-order valence-electron chi connectivity index (χ1n) is 6.69. The third kappa shape index (κ3) is 1.16. The summed E-state index contributed by atoms with van der Waals surface area (Å²) in [5, 5.41) is 3.53. The largest absolute Gasteiger partial charge is 0.378 e. The third-order valence-electron chi connectivity index (χ3n) is 4.36. The molecule has 0 spiro atoms. The van der Waals surface area contributed by atoms with E-state index in [1.165, 1.54) is 16.9 Å². The molecule has 0 aromatic heterocycles. The average molecular weight is 242 g/mol. The maximum Gasteiger partial charge on any atom is 0.110 e. The number of anilines is 1. The molecule has 1 N–H and O–H groups in total. The quantitative estimate of drug-likeness (QED) is 0.818. The van der Waals surface area contributed by atoms with Crippen LogP contribution in [0.1, 0.15) is 19.4 Å². The van der Waals surface area contributed by atoms with Crippen molar-refractivity contribution in [2.24, 2.45) is 0 Å². The van der Waals surface area contributed by atoms with Crippen LogP contribution in [-0.4, -0.2) is 30.2 Å². The second-order valence-corrected chi connectivity index (χ2v) is 5.64. The lowest BCUT2D eigenvalue weighted by atomic mass is 9.96. The zero-order chi connectivity index (χ0) is 12.3. The predicted octanol–water partition coefficient (Wildman–Crippen LogP) is 2.31. The van der Waals surface area contributed by atoms with E-state index in [1.807, 2.05) is 0 Å². The minimum atomic E-state index is 0.0409. The second kappa shape index (κ2) is 3.37. The van der Waals surface area contributed by atoms with Crippen LogP contribution in [0.25, 0.3) is 0 Å². The van der Waals surface area contributed by atoms with Gasteiger partial charge < -0.3 is 10.1 Å². The summed E-state index contributed by atoms with van der Waals surface area (Å²) in [6, 6.07) is 9.54. The van der Waals surface area contributed by atoms with Gasteiger partial charge in [-0.15, -0.1) is 0 Å². The minimum absolute atomic E-state index is 0.0409. The van der Waals surface area contributed by atoms with Crippen LogP contribution in [0.15, 0.2) is 36.0 Å². The number of benzene rings is 1. The highest BCUT2D eigenvalue weighted by atomic mass is 16.5. The van der Waals surface area contributed by atoms with Crippen molar-refractivity contribution >= 4 is 5.69 Å². The van der Waals surface area contributed by atoms with Crippen molar-refractivity contribution in [3.63, 3.8) is 0 Å². The Morgan fingerprint density at radius 1 is 1.22 bits per heavy atom.